The number of H-pyrrole nitrogens is 1. The number of aliphatic hydroxyl groups excluding tert-OH is 1. The van der Waals surface area contributed by atoms with Crippen molar-refractivity contribution in [2.24, 2.45) is 5.92 Å². The smallest absolute Gasteiger partial charge is 0.254 e. The van der Waals surface area contributed by atoms with Crippen molar-refractivity contribution in [3.05, 3.63) is 28.5 Å². The number of aromatic amines is 1. The Labute approximate surface area is 106 Å². The molecule has 0 spiro atoms. The van der Waals surface area contributed by atoms with E-state index in [9.17, 15) is 4.79 Å². The van der Waals surface area contributed by atoms with E-state index in [2.05, 4.69) is 10.3 Å². The van der Waals surface area contributed by atoms with E-state index in [0.717, 1.165) is 6.42 Å². The Morgan fingerprint density at radius 1 is 1.65 bits per heavy atom. The number of hydrogen-bond acceptors (Lipinski definition) is 3. The van der Waals surface area contributed by atoms with E-state index in [1.165, 1.54) is 0 Å². The molecule has 0 aliphatic carbocycles. The molecule has 1 heterocycles. The number of amides is 1. The predicted octanol–water partition coefficient (Wildman–Crippen LogP) is 1.88. The van der Waals surface area contributed by atoms with E-state index in [-0.39, 0.29) is 12.5 Å². The Hall–Kier alpha value is -1.20. The third-order valence-corrected chi connectivity index (χ3v) is 3.07. The van der Waals surface area contributed by atoms with Gasteiger partial charge >= 0.3 is 0 Å². The first-order valence-corrected chi connectivity index (χ1v) is 6.16. The summed E-state index contributed by atoms with van der Waals surface area (Å²) in [6.45, 7) is 2.76. The zero-order valence-corrected chi connectivity index (χ0v) is 10.7. The maximum absolute atomic E-state index is 11.8. The minimum atomic E-state index is -0.164. The van der Waals surface area contributed by atoms with E-state index >= 15 is 0 Å². The van der Waals surface area contributed by atoms with Gasteiger partial charge in [0.2, 0.25) is 0 Å². The van der Waals surface area contributed by atoms with E-state index in [1.807, 2.05) is 6.92 Å². The summed E-state index contributed by atoms with van der Waals surface area (Å²) >= 11 is 5.03. The van der Waals surface area contributed by atoms with Gasteiger partial charge in [-0.3, -0.25) is 4.79 Å². The van der Waals surface area contributed by atoms with Crippen molar-refractivity contribution in [1.29, 1.82) is 0 Å². The van der Waals surface area contributed by atoms with Crippen molar-refractivity contribution in [3.63, 3.8) is 0 Å². The molecule has 0 aliphatic heterocycles. The monoisotopic (exact) mass is 254 g/mol. The van der Waals surface area contributed by atoms with Crippen LogP contribution in [0, 0.1) is 10.6 Å². The normalized spacial score (nSPS) is 12.1. The van der Waals surface area contributed by atoms with Crippen molar-refractivity contribution >= 4 is 18.1 Å². The lowest BCUT2D eigenvalue weighted by atomic mass is 10.0. The van der Waals surface area contributed by atoms with Crippen LogP contribution in [0.3, 0.4) is 0 Å². The molecule has 1 unspecified atom stereocenters. The third kappa shape index (κ3) is 4.28. The summed E-state index contributed by atoms with van der Waals surface area (Å²) in [6.07, 6.45) is 3.33. The Balaban J connectivity index is 2.55. The molecular weight excluding hydrogens is 236 g/mol. The number of nitrogens with one attached hydrogen (secondary N) is 2. The molecule has 1 rings (SSSR count). The quantitative estimate of drug-likeness (QED) is 0.679. The first kappa shape index (κ1) is 13.9. The standard InChI is InChI=1S/C12H18N2O2S/c1-2-9(5-7-15)8-14-11(16)10-4-3-6-13-12(10)17/h3-4,6,9,15H,2,5,7-8H2,1H3,(H,13,17)(H,14,16). The highest BCUT2D eigenvalue weighted by Gasteiger charge is 2.10. The van der Waals surface area contributed by atoms with Gasteiger partial charge in [0.25, 0.3) is 5.91 Å². The van der Waals surface area contributed by atoms with Gasteiger partial charge in [-0.25, -0.2) is 0 Å². The Bertz CT molecular complexity index is 417. The van der Waals surface area contributed by atoms with Crippen molar-refractivity contribution < 1.29 is 9.90 Å². The summed E-state index contributed by atoms with van der Waals surface area (Å²) in [6, 6.07) is 3.44. The van der Waals surface area contributed by atoms with Crippen LogP contribution in [-0.2, 0) is 0 Å². The summed E-state index contributed by atoms with van der Waals surface area (Å²) in [5, 5.41) is 11.7. The van der Waals surface area contributed by atoms with Crippen LogP contribution in [0.25, 0.3) is 0 Å². The molecule has 94 valence electrons. The van der Waals surface area contributed by atoms with Gasteiger partial charge in [0.1, 0.15) is 4.64 Å². The zero-order valence-electron chi connectivity index (χ0n) is 9.90. The topological polar surface area (TPSA) is 65.1 Å². The molecule has 1 atom stereocenters. The fourth-order valence-corrected chi connectivity index (χ4v) is 1.79. The molecule has 0 saturated heterocycles. The van der Waals surface area contributed by atoms with E-state index in [1.54, 1.807) is 18.3 Å². The van der Waals surface area contributed by atoms with Crippen molar-refractivity contribution in [3.8, 4) is 0 Å². The first-order chi connectivity index (χ1) is 8.19. The summed E-state index contributed by atoms with van der Waals surface area (Å²) in [5.41, 5.74) is 0.487. The average molecular weight is 254 g/mol. The van der Waals surface area contributed by atoms with Crippen LogP contribution < -0.4 is 5.32 Å². The number of aromatic nitrogens is 1. The van der Waals surface area contributed by atoms with Crippen molar-refractivity contribution in [1.82, 2.24) is 10.3 Å². The third-order valence-electron chi connectivity index (χ3n) is 2.73. The van der Waals surface area contributed by atoms with Gasteiger partial charge in [-0.05, 0) is 24.5 Å². The highest BCUT2D eigenvalue weighted by molar-refractivity contribution is 7.71. The van der Waals surface area contributed by atoms with Crippen LogP contribution in [0.2, 0.25) is 0 Å². The summed E-state index contributed by atoms with van der Waals surface area (Å²) in [4.78, 5) is 14.7. The second-order valence-corrected chi connectivity index (χ2v) is 4.32. The number of aliphatic hydroxyl groups is 1. The van der Waals surface area contributed by atoms with Gasteiger partial charge < -0.3 is 15.4 Å². The lowest BCUT2D eigenvalue weighted by Gasteiger charge is -2.14. The van der Waals surface area contributed by atoms with Crippen LogP contribution in [0.15, 0.2) is 18.3 Å². The van der Waals surface area contributed by atoms with Gasteiger partial charge in [-0.2, -0.15) is 0 Å². The molecule has 3 N–H and O–H groups in total. The average Bonchev–Trinajstić information content (AvgIpc) is 2.34. The largest absolute Gasteiger partial charge is 0.396 e. The van der Waals surface area contributed by atoms with Gasteiger partial charge in [0, 0.05) is 19.3 Å². The van der Waals surface area contributed by atoms with Crippen LogP contribution in [0.4, 0.5) is 0 Å². The lowest BCUT2D eigenvalue weighted by molar-refractivity contribution is 0.0942. The highest BCUT2D eigenvalue weighted by atomic mass is 32.1. The Morgan fingerprint density at radius 2 is 2.41 bits per heavy atom. The van der Waals surface area contributed by atoms with Gasteiger partial charge in [0.15, 0.2) is 0 Å². The van der Waals surface area contributed by atoms with Gasteiger partial charge in [0.05, 0.1) is 5.56 Å². The first-order valence-electron chi connectivity index (χ1n) is 5.75. The molecule has 1 aromatic rings. The molecule has 5 heteroatoms. The molecule has 0 radical (unpaired) electrons. The minimum absolute atomic E-state index is 0.153. The minimum Gasteiger partial charge on any atom is -0.396 e. The molecular formula is C12H18N2O2S. The van der Waals surface area contributed by atoms with Crippen LogP contribution in [0.5, 0.6) is 0 Å². The summed E-state index contributed by atoms with van der Waals surface area (Å²) < 4.78 is 0.445. The van der Waals surface area contributed by atoms with E-state index in [0.29, 0.717) is 29.1 Å². The molecule has 4 nitrogen and oxygen atoms in total. The van der Waals surface area contributed by atoms with Gasteiger partial charge in [-0.15, -0.1) is 0 Å². The molecule has 0 aromatic carbocycles. The number of hydrogen-bond donors (Lipinski definition) is 3. The van der Waals surface area contributed by atoms with Crippen LogP contribution in [-0.4, -0.2) is 29.1 Å². The van der Waals surface area contributed by atoms with Gasteiger partial charge in [-0.1, -0.05) is 25.6 Å². The maximum Gasteiger partial charge on any atom is 0.254 e. The number of carbonyl (C=O) groups excluding carboxylic acids is 1. The van der Waals surface area contributed by atoms with Crippen LogP contribution in [0.1, 0.15) is 30.1 Å². The SMILES string of the molecule is CCC(CCO)CNC(=O)c1ccc[nH]c1=S. The molecule has 17 heavy (non-hydrogen) atoms. The second kappa shape index (κ2) is 7.19. The predicted molar refractivity (Wildman–Crippen MR) is 69.4 cm³/mol. The molecule has 0 saturated carbocycles. The number of carbonyl (C=O) groups is 1. The van der Waals surface area contributed by atoms with Crippen LogP contribution >= 0.6 is 12.2 Å². The van der Waals surface area contributed by atoms with E-state index in [4.69, 9.17) is 17.3 Å². The second-order valence-electron chi connectivity index (χ2n) is 3.91. The zero-order chi connectivity index (χ0) is 12.7. The molecule has 1 aromatic heterocycles. The van der Waals surface area contributed by atoms with E-state index < -0.39 is 0 Å². The maximum atomic E-state index is 11.8. The van der Waals surface area contributed by atoms with Crippen molar-refractivity contribution in [2.75, 3.05) is 13.2 Å². The lowest BCUT2D eigenvalue weighted by Crippen LogP contribution is -2.29. The number of pyridine rings is 1. The Morgan fingerprint density at radius 3 is 3.00 bits per heavy atom. The fraction of sp³-hybridized carbons (Fsp3) is 0.500. The van der Waals surface area contributed by atoms with Crippen molar-refractivity contribution in [2.45, 2.75) is 19.8 Å². The summed E-state index contributed by atoms with van der Waals surface area (Å²) in [7, 11) is 0. The molecule has 0 aliphatic rings. The fourth-order valence-electron chi connectivity index (χ4n) is 1.57. The number of rotatable bonds is 6. The Kier molecular flexibility index (Phi) is 5.86. The molecule has 0 fully saturated rings. The summed E-state index contributed by atoms with van der Waals surface area (Å²) in [5.74, 6) is 0.147. The molecule has 1 amide bonds. The highest BCUT2D eigenvalue weighted by Crippen LogP contribution is 2.06. The molecule has 0 bridgehead atoms.